The third-order valence-electron chi connectivity index (χ3n) is 2.64. The van der Waals surface area contributed by atoms with Crippen molar-refractivity contribution in [2.45, 2.75) is 0 Å². The third-order valence-corrected chi connectivity index (χ3v) is 2.64. The van der Waals surface area contributed by atoms with E-state index >= 15 is 0 Å². The Morgan fingerprint density at radius 3 is 2.88 bits per heavy atom. The molecule has 0 spiro atoms. The zero-order valence-corrected chi connectivity index (χ0v) is 8.40. The SMILES string of the molecule is NCC(=O)c1c2ccoc2cc2ccoc12. The van der Waals surface area contributed by atoms with E-state index in [1.54, 1.807) is 24.7 Å². The Hall–Kier alpha value is -2.07. The number of fused-ring (bicyclic) bond motifs is 2. The summed E-state index contributed by atoms with van der Waals surface area (Å²) < 4.78 is 10.6. The molecule has 0 saturated carbocycles. The summed E-state index contributed by atoms with van der Waals surface area (Å²) in [6.45, 7) is -0.0416. The van der Waals surface area contributed by atoms with Crippen molar-refractivity contribution in [3.63, 3.8) is 0 Å². The van der Waals surface area contributed by atoms with E-state index in [4.69, 9.17) is 14.6 Å². The average Bonchev–Trinajstić information content (AvgIpc) is 2.91. The lowest BCUT2D eigenvalue weighted by Gasteiger charge is -2.01. The second kappa shape index (κ2) is 3.21. The average molecular weight is 215 g/mol. The van der Waals surface area contributed by atoms with Gasteiger partial charge >= 0.3 is 0 Å². The molecular formula is C12H9NO3. The first-order valence-electron chi connectivity index (χ1n) is 4.92. The predicted molar refractivity (Wildman–Crippen MR) is 59.4 cm³/mol. The van der Waals surface area contributed by atoms with E-state index in [1.807, 2.05) is 6.07 Å². The fourth-order valence-electron chi connectivity index (χ4n) is 1.92. The number of hydrogen-bond acceptors (Lipinski definition) is 4. The van der Waals surface area contributed by atoms with Crippen LogP contribution in [-0.4, -0.2) is 12.3 Å². The van der Waals surface area contributed by atoms with Crippen LogP contribution < -0.4 is 5.73 Å². The molecule has 80 valence electrons. The summed E-state index contributed by atoms with van der Waals surface area (Å²) >= 11 is 0. The molecule has 0 saturated heterocycles. The molecule has 2 heterocycles. The molecule has 2 N–H and O–H groups in total. The molecule has 0 amide bonds. The van der Waals surface area contributed by atoms with Crippen LogP contribution in [0.5, 0.6) is 0 Å². The van der Waals surface area contributed by atoms with Crippen molar-refractivity contribution in [2.75, 3.05) is 6.54 Å². The molecule has 16 heavy (non-hydrogen) atoms. The van der Waals surface area contributed by atoms with E-state index in [2.05, 4.69) is 0 Å². The van der Waals surface area contributed by atoms with Crippen molar-refractivity contribution in [2.24, 2.45) is 5.73 Å². The Kier molecular flexibility index (Phi) is 1.84. The lowest BCUT2D eigenvalue weighted by molar-refractivity contribution is 0.100. The highest BCUT2D eigenvalue weighted by molar-refractivity contribution is 6.17. The second-order valence-corrected chi connectivity index (χ2v) is 3.55. The maximum absolute atomic E-state index is 11.8. The molecule has 0 radical (unpaired) electrons. The molecule has 0 aliphatic carbocycles. The fraction of sp³-hybridized carbons (Fsp3) is 0.0833. The van der Waals surface area contributed by atoms with Crippen molar-refractivity contribution < 1.29 is 13.6 Å². The molecule has 0 fully saturated rings. The van der Waals surface area contributed by atoms with E-state index in [-0.39, 0.29) is 12.3 Å². The van der Waals surface area contributed by atoms with Gasteiger partial charge in [0.2, 0.25) is 0 Å². The number of carbonyl (C=O) groups is 1. The van der Waals surface area contributed by atoms with Gasteiger partial charge in [-0.3, -0.25) is 4.79 Å². The number of nitrogens with two attached hydrogens (primary N) is 1. The van der Waals surface area contributed by atoms with Gasteiger partial charge < -0.3 is 14.6 Å². The monoisotopic (exact) mass is 215 g/mol. The molecule has 3 aromatic rings. The highest BCUT2D eigenvalue weighted by Gasteiger charge is 2.17. The molecule has 2 aromatic heterocycles. The van der Waals surface area contributed by atoms with Gasteiger partial charge in [-0.2, -0.15) is 0 Å². The lowest BCUT2D eigenvalue weighted by atomic mass is 10.0. The minimum atomic E-state index is -0.146. The van der Waals surface area contributed by atoms with Gasteiger partial charge in [0.25, 0.3) is 0 Å². The summed E-state index contributed by atoms with van der Waals surface area (Å²) in [6.07, 6.45) is 3.10. The molecule has 0 bridgehead atoms. The molecule has 1 aromatic carbocycles. The van der Waals surface area contributed by atoms with Gasteiger partial charge in [0.1, 0.15) is 11.2 Å². The van der Waals surface area contributed by atoms with Crippen LogP contribution in [0.2, 0.25) is 0 Å². The molecule has 4 heteroatoms. The molecule has 3 rings (SSSR count). The number of Topliss-reactive ketones (excluding diaryl/α,β-unsaturated/α-hetero) is 1. The van der Waals surface area contributed by atoms with Crippen LogP contribution in [0.25, 0.3) is 21.9 Å². The maximum atomic E-state index is 11.8. The van der Waals surface area contributed by atoms with Gasteiger partial charge in [-0.15, -0.1) is 0 Å². The number of ketones is 1. The molecular weight excluding hydrogens is 206 g/mol. The number of hydrogen-bond donors (Lipinski definition) is 1. The Labute approximate surface area is 90.6 Å². The first-order chi connectivity index (χ1) is 7.81. The molecule has 0 unspecified atom stereocenters. The quantitative estimate of drug-likeness (QED) is 0.666. The molecule has 0 aliphatic heterocycles. The van der Waals surface area contributed by atoms with E-state index < -0.39 is 0 Å². The Balaban J connectivity index is 2.51. The normalized spacial score (nSPS) is 11.3. The third kappa shape index (κ3) is 1.10. The Morgan fingerprint density at radius 1 is 1.25 bits per heavy atom. The van der Waals surface area contributed by atoms with Gasteiger partial charge in [-0.25, -0.2) is 0 Å². The Morgan fingerprint density at radius 2 is 2.06 bits per heavy atom. The van der Waals surface area contributed by atoms with Crippen LogP contribution >= 0.6 is 0 Å². The largest absolute Gasteiger partial charge is 0.464 e. The topological polar surface area (TPSA) is 69.4 Å². The van der Waals surface area contributed by atoms with Crippen molar-refractivity contribution in [3.05, 3.63) is 36.3 Å². The van der Waals surface area contributed by atoms with Crippen molar-refractivity contribution >= 4 is 27.7 Å². The van der Waals surface area contributed by atoms with Gasteiger partial charge in [0.05, 0.1) is 24.6 Å². The highest BCUT2D eigenvalue weighted by Crippen LogP contribution is 2.30. The predicted octanol–water partition coefficient (Wildman–Crippen LogP) is 2.32. The summed E-state index contributed by atoms with van der Waals surface area (Å²) in [5.74, 6) is -0.146. The van der Waals surface area contributed by atoms with Crippen LogP contribution in [0.4, 0.5) is 0 Å². The van der Waals surface area contributed by atoms with Gasteiger partial charge in [0, 0.05) is 10.8 Å². The van der Waals surface area contributed by atoms with Gasteiger partial charge in [-0.1, -0.05) is 0 Å². The maximum Gasteiger partial charge on any atom is 0.180 e. The number of rotatable bonds is 2. The zero-order valence-electron chi connectivity index (χ0n) is 8.40. The first kappa shape index (κ1) is 9.18. The van der Waals surface area contributed by atoms with E-state index in [9.17, 15) is 4.79 Å². The van der Waals surface area contributed by atoms with Crippen molar-refractivity contribution in [1.82, 2.24) is 0 Å². The lowest BCUT2D eigenvalue weighted by Crippen LogP contribution is -2.14. The van der Waals surface area contributed by atoms with Crippen molar-refractivity contribution in [3.8, 4) is 0 Å². The van der Waals surface area contributed by atoms with Gasteiger partial charge in [-0.05, 0) is 18.2 Å². The van der Waals surface area contributed by atoms with E-state index in [0.29, 0.717) is 16.7 Å². The smallest absolute Gasteiger partial charge is 0.180 e. The van der Waals surface area contributed by atoms with Crippen LogP contribution in [-0.2, 0) is 0 Å². The summed E-state index contributed by atoms with van der Waals surface area (Å²) in [5, 5.41) is 1.59. The summed E-state index contributed by atoms with van der Waals surface area (Å²) in [5.41, 5.74) is 7.16. The Bertz CT molecular complexity index is 629. The van der Waals surface area contributed by atoms with E-state index in [1.165, 1.54) is 0 Å². The van der Waals surface area contributed by atoms with Crippen LogP contribution in [0.3, 0.4) is 0 Å². The van der Waals surface area contributed by atoms with Gasteiger partial charge in [0.15, 0.2) is 5.78 Å². The molecule has 0 aliphatic rings. The highest BCUT2D eigenvalue weighted by atomic mass is 16.3. The number of carbonyl (C=O) groups excluding carboxylic acids is 1. The van der Waals surface area contributed by atoms with Crippen LogP contribution in [0.1, 0.15) is 10.4 Å². The molecule has 4 nitrogen and oxygen atoms in total. The van der Waals surface area contributed by atoms with Crippen LogP contribution in [0, 0.1) is 0 Å². The van der Waals surface area contributed by atoms with Crippen molar-refractivity contribution in [1.29, 1.82) is 0 Å². The summed E-state index contributed by atoms with van der Waals surface area (Å²) in [6, 6.07) is 5.40. The summed E-state index contributed by atoms with van der Waals surface area (Å²) in [7, 11) is 0. The fourth-order valence-corrected chi connectivity index (χ4v) is 1.92. The van der Waals surface area contributed by atoms with Crippen LogP contribution in [0.15, 0.2) is 39.6 Å². The number of benzene rings is 1. The zero-order chi connectivity index (χ0) is 11.1. The first-order valence-corrected chi connectivity index (χ1v) is 4.92. The van der Waals surface area contributed by atoms with E-state index in [0.717, 1.165) is 10.8 Å². The molecule has 0 atom stereocenters. The minimum Gasteiger partial charge on any atom is -0.464 e. The minimum absolute atomic E-state index is 0.0416. The number of furan rings is 2. The standard InChI is InChI=1S/C12H9NO3/c13-6-9(14)11-8-2-4-15-10(8)5-7-1-3-16-12(7)11/h1-5H,6,13H2. The second-order valence-electron chi connectivity index (χ2n) is 3.55. The summed E-state index contributed by atoms with van der Waals surface area (Å²) in [4.78, 5) is 11.8.